The van der Waals surface area contributed by atoms with Gasteiger partial charge in [-0.25, -0.2) is 0 Å². The number of carboxylic acids is 1. The lowest BCUT2D eigenvalue weighted by Gasteiger charge is -2.58. The zero-order valence-electron chi connectivity index (χ0n) is 20.0. The predicted molar refractivity (Wildman–Crippen MR) is 128 cm³/mol. The third-order valence-electron chi connectivity index (χ3n) is 9.88. The van der Waals surface area contributed by atoms with Crippen molar-refractivity contribution in [1.82, 2.24) is 0 Å². The number of ether oxygens (including phenoxy) is 1. The van der Waals surface area contributed by atoms with Crippen molar-refractivity contribution in [3.05, 3.63) is 34.2 Å². The topological polar surface area (TPSA) is 93.8 Å². The van der Waals surface area contributed by atoms with Gasteiger partial charge in [0, 0.05) is 5.41 Å². The number of fused-ring (bicyclic) bond motifs is 2. The van der Waals surface area contributed by atoms with Crippen molar-refractivity contribution in [2.45, 2.75) is 59.3 Å². The highest BCUT2D eigenvalue weighted by molar-refractivity contribution is 9.10. The maximum atomic E-state index is 13.4. The SMILES string of the molecule is CC(C)C1=CC2CC3(C=O)C4CC[C@@H](C)C4CC2(CCOC(=O)Cc2ccc(Br)o2)C13C(=O)O. The second-order valence-corrected chi connectivity index (χ2v) is 12.1. The van der Waals surface area contributed by atoms with Crippen molar-refractivity contribution in [3.63, 3.8) is 0 Å². The summed E-state index contributed by atoms with van der Waals surface area (Å²) in [7, 11) is 0. The summed E-state index contributed by atoms with van der Waals surface area (Å²) in [6, 6.07) is 3.45. The van der Waals surface area contributed by atoms with Gasteiger partial charge in [-0.05, 0) is 83.3 Å². The highest BCUT2D eigenvalue weighted by Crippen LogP contribution is 2.83. The molecule has 0 spiro atoms. The third-order valence-corrected chi connectivity index (χ3v) is 10.3. The van der Waals surface area contributed by atoms with Crippen LogP contribution in [0.2, 0.25) is 0 Å². The van der Waals surface area contributed by atoms with Crippen LogP contribution in [0.5, 0.6) is 0 Å². The van der Waals surface area contributed by atoms with Gasteiger partial charge >= 0.3 is 11.9 Å². The van der Waals surface area contributed by atoms with E-state index in [9.17, 15) is 19.5 Å². The summed E-state index contributed by atoms with van der Waals surface area (Å²) in [6.45, 7) is 6.46. The first-order valence-electron chi connectivity index (χ1n) is 12.4. The van der Waals surface area contributed by atoms with Crippen LogP contribution in [0.1, 0.15) is 58.6 Å². The van der Waals surface area contributed by atoms with E-state index < -0.39 is 28.2 Å². The van der Waals surface area contributed by atoms with Gasteiger partial charge in [-0.2, -0.15) is 0 Å². The molecular formula is C27H33BrO6. The molecule has 184 valence electrons. The molecule has 0 aromatic carbocycles. The third kappa shape index (κ3) is 2.88. The molecule has 1 aromatic heterocycles. The molecule has 5 rings (SSSR count). The summed E-state index contributed by atoms with van der Waals surface area (Å²) in [5, 5.41) is 10.9. The van der Waals surface area contributed by atoms with E-state index in [-0.39, 0.29) is 30.8 Å². The van der Waals surface area contributed by atoms with Gasteiger partial charge in [0.05, 0.1) is 12.0 Å². The van der Waals surface area contributed by atoms with E-state index in [4.69, 9.17) is 9.15 Å². The molecule has 0 amide bonds. The minimum atomic E-state index is -1.22. The molecule has 7 heteroatoms. The molecular weight excluding hydrogens is 500 g/mol. The van der Waals surface area contributed by atoms with E-state index in [1.807, 2.05) is 13.8 Å². The monoisotopic (exact) mass is 532 g/mol. The van der Waals surface area contributed by atoms with Gasteiger partial charge in [-0.15, -0.1) is 0 Å². The fourth-order valence-electron chi connectivity index (χ4n) is 8.82. The summed E-state index contributed by atoms with van der Waals surface area (Å²) in [5.41, 5.74) is -1.79. The summed E-state index contributed by atoms with van der Waals surface area (Å²) >= 11 is 3.23. The number of carbonyl (C=O) groups excluding carboxylic acids is 2. The van der Waals surface area contributed by atoms with E-state index in [1.54, 1.807) is 12.1 Å². The Bertz CT molecular complexity index is 1060. The number of halogens is 1. The number of rotatable bonds is 8. The Morgan fingerprint density at radius 1 is 1.29 bits per heavy atom. The molecule has 6 unspecified atom stereocenters. The lowest BCUT2D eigenvalue weighted by Crippen LogP contribution is -2.62. The molecule has 4 aliphatic rings. The molecule has 6 nitrogen and oxygen atoms in total. The van der Waals surface area contributed by atoms with Crippen LogP contribution < -0.4 is 0 Å². The van der Waals surface area contributed by atoms with Crippen LogP contribution in [0.3, 0.4) is 0 Å². The smallest absolute Gasteiger partial charge is 0.315 e. The van der Waals surface area contributed by atoms with E-state index in [0.717, 1.165) is 31.1 Å². The van der Waals surface area contributed by atoms with Crippen LogP contribution in [0.25, 0.3) is 0 Å². The minimum Gasteiger partial charge on any atom is -0.481 e. The molecule has 0 aliphatic heterocycles. The highest BCUT2D eigenvalue weighted by atomic mass is 79.9. The number of aldehydes is 1. The first-order valence-corrected chi connectivity index (χ1v) is 13.2. The molecule has 7 atom stereocenters. The number of furan rings is 1. The molecule has 34 heavy (non-hydrogen) atoms. The van der Waals surface area contributed by atoms with Gasteiger partial charge in [-0.3, -0.25) is 9.59 Å². The van der Waals surface area contributed by atoms with Gasteiger partial charge in [0.25, 0.3) is 0 Å². The molecule has 3 fully saturated rings. The van der Waals surface area contributed by atoms with Crippen LogP contribution in [-0.2, 0) is 25.5 Å². The van der Waals surface area contributed by atoms with Gasteiger partial charge < -0.3 is 19.1 Å². The van der Waals surface area contributed by atoms with Crippen LogP contribution >= 0.6 is 15.9 Å². The van der Waals surface area contributed by atoms with Crippen molar-refractivity contribution in [3.8, 4) is 0 Å². The average molecular weight is 533 g/mol. The largest absolute Gasteiger partial charge is 0.481 e. The number of hydrogen-bond donors (Lipinski definition) is 1. The highest BCUT2D eigenvalue weighted by Gasteiger charge is 2.83. The molecule has 1 N–H and O–H groups in total. The molecule has 4 bridgehead atoms. The molecule has 4 aliphatic carbocycles. The average Bonchev–Trinajstić information content (AvgIpc) is 3.47. The predicted octanol–water partition coefficient (Wildman–Crippen LogP) is 5.44. The Morgan fingerprint density at radius 3 is 2.68 bits per heavy atom. The first kappa shape index (κ1) is 23.8. The van der Waals surface area contributed by atoms with Crippen molar-refractivity contribution in [1.29, 1.82) is 0 Å². The number of carbonyl (C=O) groups is 3. The summed E-state index contributed by atoms with van der Waals surface area (Å²) < 4.78 is 11.6. The summed E-state index contributed by atoms with van der Waals surface area (Å²) in [5.74, 6) is 0.213. The van der Waals surface area contributed by atoms with Crippen LogP contribution in [0.15, 0.2) is 32.9 Å². The van der Waals surface area contributed by atoms with Crippen LogP contribution in [0.4, 0.5) is 0 Å². The Hall–Kier alpha value is -1.89. The second kappa shape index (κ2) is 8.07. The molecule has 3 saturated carbocycles. The zero-order valence-corrected chi connectivity index (χ0v) is 21.6. The molecule has 0 saturated heterocycles. The van der Waals surface area contributed by atoms with Gasteiger partial charge in [-0.1, -0.05) is 38.8 Å². The van der Waals surface area contributed by atoms with Crippen molar-refractivity contribution >= 4 is 34.2 Å². The maximum Gasteiger partial charge on any atom is 0.315 e. The standard InChI is InChI=1S/C27H33BrO6/c1-15(2)21-10-17-12-26(14-29)20-6-4-16(3)19(20)13-25(17,27(21,26)24(31)32)8-9-33-23(30)11-18-5-7-22(28)34-18/h5,7,10,14-17,19-20H,4,6,8-9,11-13H2,1-3H3,(H,31,32)/t16-,17?,19?,20?,25?,26?,27?/m1/s1. The second-order valence-electron chi connectivity index (χ2n) is 11.3. The zero-order chi connectivity index (χ0) is 24.5. The van der Waals surface area contributed by atoms with E-state index in [1.165, 1.54) is 0 Å². The normalized spacial score (nSPS) is 39.7. The van der Waals surface area contributed by atoms with Crippen molar-refractivity contribution in [2.75, 3.05) is 6.61 Å². The Morgan fingerprint density at radius 2 is 2.06 bits per heavy atom. The van der Waals surface area contributed by atoms with Crippen LogP contribution in [0, 0.1) is 45.8 Å². The Labute approximate surface area is 208 Å². The number of carboxylic acid groups (broad SMARTS) is 1. The Kier molecular flexibility index (Phi) is 5.66. The van der Waals surface area contributed by atoms with Gasteiger partial charge in [0.15, 0.2) is 4.67 Å². The van der Waals surface area contributed by atoms with E-state index in [2.05, 4.69) is 28.9 Å². The number of allylic oxidation sites excluding steroid dienone is 1. The van der Waals surface area contributed by atoms with Crippen LogP contribution in [-0.4, -0.2) is 29.9 Å². The molecule has 1 heterocycles. The molecule has 0 radical (unpaired) electrons. The van der Waals surface area contributed by atoms with E-state index in [0.29, 0.717) is 35.1 Å². The van der Waals surface area contributed by atoms with Gasteiger partial charge in [0.2, 0.25) is 0 Å². The fraction of sp³-hybridized carbons (Fsp3) is 0.667. The maximum absolute atomic E-state index is 13.4. The quantitative estimate of drug-likeness (QED) is 0.272. The lowest BCUT2D eigenvalue weighted by atomic mass is 9.42. The first-order chi connectivity index (χ1) is 16.1. The number of hydrogen-bond acceptors (Lipinski definition) is 5. The number of aliphatic carboxylic acids is 1. The van der Waals surface area contributed by atoms with Gasteiger partial charge in [0.1, 0.15) is 23.9 Å². The summed E-state index contributed by atoms with van der Waals surface area (Å²) in [6.07, 6.45) is 7.02. The number of esters is 1. The van der Waals surface area contributed by atoms with E-state index >= 15 is 0 Å². The summed E-state index contributed by atoms with van der Waals surface area (Å²) in [4.78, 5) is 38.9. The van der Waals surface area contributed by atoms with Crippen molar-refractivity contribution in [2.24, 2.45) is 45.8 Å². The fourth-order valence-corrected chi connectivity index (χ4v) is 9.16. The lowest BCUT2D eigenvalue weighted by molar-refractivity contribution is -0.182. The molecule has 1 aromatic rings. The Balaban J connectivity index is 1.49. The van der Waals surface area contributed by atoms with Crippen molar-refractivity contribution < 1.29 is 28.6 Å². The minimum absolute atomic E-state index is 0.0173.